The molecule has 0 spiro atoms. The zero-order chi connectivity index (χ0) is 12.8. The Hall–Kier alpha value is -0.330. The minimum absolute atomic E-state index is 0.319. The second-order valence-electron chi connectivity index (χ2n) is 7.38. The number of rotatable bonds is 1. The van der Waals surface area contributed by atoms with Crippen LogP contribution in [0.3, 0.4) is 0 Å². The monoisotopic (exact) mass is 236 g/mol. The quantitative estimate of drug-likeness (QED) is 0.663. The van der Waals surface area contributed by atoms with Gasteiger partial charge in [-0.05, 0) is 48.9 Å². The Kier molecular flexibility index (Phi) is 3.40. The van der Waals surface area contributed by atoms with Crippen LogP contribution in [0, 0.1) is 35.0 Å². The first kappa shape index (κ1) is 13.1. The maximum Gasteiger partial charge on any atom is 0.133 e. The maximum absolute atomic E-state index is 12.1. The molecule has 2 saturated carbocycles. The van der Waals surface area contributed by atoms with Crippen molar-refractivity contribution in [1.29, 1.82) is 0 Å². The van der Waals surface area contributed by atoms with Gasteiger partial charge in [0.2, 0.25) is 0 Å². The van der Waals surface area contributed by atoms with E-state index in [1.165, 1.54) is 25.7 Å². The van der Waals surface area contributed by atoms with Crippen molar-refractivity contribution >= 4 is 5.78 Å². The van der Waals surface area contributed by atoms with Crippen LogP contribution in [0.5, 0.6) is 0 Å². The average Bonchev–Trinajstić information content (AvgIpc) is 2.20. The largest absolute Gasteiger partial charge is 0.300 e. The van der Waals surface area contributed by atoms with Crippen LogP contribution in [-0.4, -0.2) is 5.78 Å². The van der Waals surface area contributed by atoms with Gasteiger partial charge in [-0.25, -0.2) is 0 Å². The van der Waals surface area contributed by atoms with E-state index in [9.17, 15) is 4.79 Å². The minimum Gasteiger partial charge on any atom is -0.300 e. The molecule has 1 heteroatoms. The Bertz CT molecular complexity index is 305. The highest BCUT2D eigenvalue weighted by Crippen LogP contribution is 2.55. The highest BCUT2D eigenvalue weighted by Gasteiger charge is 2.50. The molecule has 98 valence electrons. The predicted molar refractivity (Wildman–Crippen MR) is 71.7 cm³/mol. The van der Waals surface area contributed by atoms with Gasteiger partial charge in [-0.3, -0.25) is 4.79 Å². The first-order valence-corrected chi connectivity index (χ1v) is 7.35. The van der Waals surface area contributed by atoms with Crippen molar-refractivity contribution in [3.05, 3.63) is 0 Å². The molecule has 5 atom stereocenters. The minimum atomic E-state index is 0.319. The lowest BCUT2D eigenvalue weighted by atomic mass is 9.50. The third-order valence-electron chi connectivity index (χ3n) is 5.80. The molecule has 0 aromatic carbocycles. The van der Waals surface area contributed by atoms with Gasteiger partial charge in [0.15, 0.2) is 0 Å². The molecule has 0 amide bonds. The normalized spacial score (nSPS) is 45.1. The molecule has 2 aliphatic rings. The van der Waals surface area contributed by atoms with Gasteiger partial charge < -0.3 is 0 Å². The van der Waals surface area contributed by atoms with Crippen molar-refractivity contribution in [3.63, 3.8) is 0 Å². The van der Waals surface area contributed by atoms with Crippen LogP contribution in [0.4, 0.5) is 0 Å². The van der Waals surface area contributed by atoms with E-state index in [4.69, 9.17) is 0 Å². The molecule has 2 fully saturated rings. The van der Waals surface area contributed by atoms with E-state index in [2.05, 4.69) is 27.7 Å². The summed E-state index contributed by atoms with van der Waals surface area (Å²) in [4.78, 5) is 12.1. The molecule has 2 aliphatic carbocycles. The SMILES string of the molecule is CC(=O)C1C(C)C(C)CC2CCCC(C)(C)C21. The summed E-state index contributed by atoms with van der Waals surface area (Å²) in [6, 6.07) is 0. The highest BCUT2D eigenvalue weighted by molar-refractivity contribution is 5.79. The molecule has 0 aromatic heterocycles. The van der Waals surface area contributed by atoms with Crippen molar-refractivity contribution < 1.29 is 4.79 Å². The number of fused-ring (bicyclic) bond motifs is 1. The molecule has 2 rings (SSSR count). The molecule has 0 N–H and O–H groups in total. The molecule has 5 unspecified atom stereocenters. The molecule has 0 saturated heterocycles. The molecule has 0 aliphatic heterocycles. The highest BCUT2D eigenvalue weighted by atomic mass is 16.1. The summed E-state index contributed by atoms with van der Waals surface area (Å²) in [5.74, 6) is 3.50. The Morgan fingerprint density at radius 2 is 1.88 bits per heavy atom. The molecule has 17 heavy (non-hydrogen) atoms. The van der Waals surface area contributed by atoms with Crippen LogP contribution in [-0.2, 0) is 4.79 Å². The Labute approximate surface area is 106 Å². The van der Waals surface area contributed by atoms with Crippen molar-refractivity contribution in [2.75, 3.05) is 0 Å². The van der Waals surface area contributed by atoms with Gasteiger partial charge in [-0.1, -0.05) is 40.5 Å². The fourth-order valence-electron chi connectivity index (χ4n) is 4.84. The van der Waals surface area contributed by atoms with Crippen LogP contribution >= 0.6 is 0 Å². The second-order valence-corrected chi connectivity index (χ2v) is 7.38. The fraction of sp³-hybridized carbons (Fsp3) is 0.938. The van der Waals surface area contributed by atoms with E-state index in [1.54, 1.807) is 0 Å². The topological polar surface area (TPSA) is 17.1 Å². The standard InChI is InChI=1S/C16H28O/c1-10-9-13-7-6-8-16(4,5)15(13)14(11(10)2)12(3)17/h10-11,13-15H,6-9H2,1-5H3. The van der Waals surface area contributed by atoms with E-state index < -0.39 is 0 Å². The number of Topliss-reactive ketones (excluding diaryl/α,β-unsaturated/α-hetero) is 1. The summed E-state index contributed by atoms with van der Waals surface area (Å²) in [5.41, 5.74) is 0.369. The van der Waals surface area contributed by atoms with Gasteiger partial charge in [0.25, 0.3) is 0 Å². The lowest BCUT2D eigenvalue weighted by Gasteiger charge is -2.54. The lowest BCUT2D eigenvalue weighted by molar-refractivity contribution is -0.135. The van der Waals surface area contributed by atoms with Gasteiger partial charge in [0, 0.05) is 5.92 Å². The maximum atomic E-state index is 12.1. The van der Waals surface area contributed by atoms with Crippen LogP contribution < -0.4 is 0 Å². The van der Waals surface area contributed by atoms with Crippen molar-refractivity contribution in [2.24, 2.45) is 35.0 Å². The third kappa shape index (κ3) is 2.18. The summed E-state index contributed by atoms with van der Waals surface area (Å²) < 4.78 is 0. The zero-order valence-corrected chi connectivity index (χ0v) is 12.1. The van der Waals surface area contributed by atoms with E-state index in [-0.39, 0.29) is 0 Å². The number of carbonyl (C=O) groups excluding carboxylic acids is 1. The van der Waals surface area contributed by atoms with Crippen LogP contribution in [0.25, 0.3) is 0 Å². The third-order valence-corrected chi connectivity index (χ3v) is 5.80. The molecule has 0 bridgehead atoms. The summed E-state index contributed by atoms with van der Waals surface area (Å²) in [6.45, 7) is 11.3. The molecule has 0 radical (unpaired) electrons. The average molecular weight is 236 g/mol. The van der Waals surface area contributed by atoms with E-state index in [1.807, 2.05) is 6.92 Å². The zero-order valence-electron chi connectivity index (χ0n) is 12.1. The van der Waals surface area contributed by atoms with Crippen molar-refractivity contribution in [1.82, 2.24) is 0 Å². The summed E-state index contributed by atoms with van der Waals surface area (Å²) in [5, 5.41) is 0. The molecule has 0 aromatic rings. The number of hydrogen-bond acceptors (Lipinski definition) is 1. The van der Waals surface area contributed by atoms with Gasteiger partial charge in [-0.2, -0.15) is 0 Å². The van der Waals surface area contributed by atoms with E-state index in [0.29, 0.717) is 29.0 Å². The lowest BCUT2D eigenvalue weighted by Crippen LogP contribution is -2.49. The fourth-order valence-corrected chi connectivity index (χ4v) is 4.84. The van der Waals surface area contributed by atoms with Gasteiger partial charge in [0.1, 0.15) is 5.78 Å². The van der Waals surface area contributed by atoms with Crippen LogP contribution in [0.1, 0.15) is 60.3 Å². The molecular weight excluding hydrogens is 208 g/mol. The first-order valence-electron chi connectivity index (χ1n) is 7.35. The van der Waals surface area contributed by atoms with Gasteiger partial charge in [-0.15, -0.1) is 0 Å². The van der Waals surface area contributed by atoms with E-state index >= 15 is 0 Å². The summed E-state index contributed by atoms with van der Waals surface area (Å²) in [7, 11) is 0. The number of hydrogen-bond donors (Lipinski definition) is 0. The summed E-state index contributed by atoms with van der Waals surface area (Å²) in [6.07, 6.45) is 5.37. The van der Waals surface area contributed by atoms with Crippen molar-refractivity contribution in [3.8, 4) is 0 Å². The summed E-state index contributed by atoms with van der Waals surface area (Å²) >= 11 is 0. The first-order chi connectivity index (χ1) is 7.84. The Morgan fingerprint density at radius 1 is 1.24 bits per heavy atom. The van der Waals surface area contributed by atoms with Gasteiger partial charge >= 0.3 is 0 Å². The number of ketones is 1. The van der Waals surface area contributed by atoms with Crippen molar-refractivity contribution in [2.45, 2.75) is 60.3 Å². The van der Waals surface area contributed by atoms with Gasteiger partial charge in [0.05, 0.1) is 0 Å². The second kappa shape index (κ2) is 4.40. The predicted octanol–water partition coefficient (Wildman–Crippen LogP) is 4.31. The molecule has 1 nitrogen and oxygen atoms in total. The molecule has 0 heterocycles. The van der Waals surface area contributed by atoms with Crippen LogP contribution in [0.15, 0.2) is 0 Å². The van der Waals surface area contributed by atoms with Crippen LogP contribution in [0.2, 0.25) is 0 Å². The Morgan fingerprint density at radius 3 is 2.47 bits per heavy atom. The van der Waals surface area contributed by atoms with E-state index in [0.717, 1.165) is 11.8 Å². The molecular formula is C16H28O. The number of carbonyl (C=O) groups is 1. The Balaban J connectivity index is 2.34. The smallest absolute Gasteiger partial charge is 0.133 e.